The third kappa shape index (κ3) is 5.89. The van der Waals surface area contributed by atoms with Crippen LogP contribution in [-0.4, -0.2) is 166 Å². The van der Waals surface area contributed by atoms with Crippen molar-refractivity contribution in [1.29, 1.82) is 0 Å². The van der Waals surface area contributed by atoms with E-state index in [2.05, 4.69) is 0 Å². The van der Waals surface area contributed by atoms with Crippen molar-refractivity contribution >= 4 is 29.7 Å². The number of aliphatic hydroxyl groups is 7. The molecule has 218 valence electrons. The number of ether oxygens (including phenoxy) is 5. The molecule has 0 spiro atoms. The van der Waals surface area contributed by atoms with E-state index in [-0.39, 0.29) is 0 Å². The number of carboxylic acids is 3. The molecule has 0 aromatic rings. The average Bonchev–Trinajstić information content (AvgIpc) is 2.85. The Morgan fingerprint density at radius 1 is 0.605 bits per heavy atom. The normalized spacial score (nSPS) is 47.8. The summed E-state index contributed by atoms with van der Waals surface area (Å²) in [6.45, 7) is 0. The third-order valence-corrected chi connectivity index (χ3v) is 7.70. The van der Waals surface area contributed by atoms with E-state index in [1.54, 1.807) is 0 Å². The van der Waals surface area contributed by atoms with Crippen LogP contribution in [0.1, 0.15) is 0 Å². The number of carboxylic acid groups (broad SMARTS) is 3. The van der Waals surface area contributed by atoms with Gasteiger partial charge in [-0.25, -0.2) is 14.4 Å². The number of aliphatic carboxylic acids is 3. The van der Waals surface area contributed by atoms with Crippen LogP contribution >= 0.6 is 11.8 Å². The number of thioether (sulfide) groups is 1. The maximum absolute atomic E-state index is 11.9. The van der Waals surface area contributed by atoms with Crippen molar-refractivity contribution in [3.63, 3.8) is 0 Å². The monoisotopic (exact) mass is 576 g/mol. The minimum atomic E-state index is -2.16. The molecule has 3 heterocycles. The Balaban J connectivity index is 1.81. The SMILES string of the molecule is CO[C@H]1O[C@@H](C(=O)O)[C@H](S[C@H]2O[C@@H](C(=O)O)[C@H](O[C@H]3O[C@@H](C(=O)O)[C@H](O)[C@H](O)[C@@H]3O)[C@H](O)[C@@H]2O)[C@H](O)[C@@H]1O. The number of hydrogen-bond donors (Lipinski definition) is 10. The molecule has 0 aromatic carbocycles. The van der Waals surface area contributed by atoms with E-state index in [0.29, 0.717) is 11.8 Å². The molecule has 38 heavy (non-hydrogen) atoms. The van der Waals surface area contributed by atoms with Crippen molar-refractivity contribution in [2.24, 2.45) is 0 Å². The summed E-state index contributed by atoms with van der Waals surface area (Å²) in [5.41, 5.74) is -1.75. The van der Waals surface area contributed by atoms with Crippen LogP contribution in [0, 0.1) is 0 Å². The molecule has 0 aromatic heterocycles. The zero-order valence-electron chi connectivity index (χ0n) is 19.3. The van der Waals surface area contributed by atoms with Crippen LogP contribution in [-0.2, 0) is 38.1 Å². The zero-order valence-corrected chi connectivity index (χ0v) is 20.1. The molecule has 19 heteroatoms. The van der Waals surface area contributed by atoms with Gasteiger partial charge < -0.3 is 74.7 Å². The first kappa shape index (κ1) is 30.8. The van der Waals surface area contributed by atoms with E-state index in [1.165, 1.54) is 0 Å². The van der Waals surface area contributed by atoms with E-state index in [0.717, 1.165) is 7.11 Å². The Labute approximate surface area is 216 Å². The second kappa shape index (κ2) is 12.2. The van der Waals surface area contributed by atoms with E-state index >= 15 is 0 Å². The highest BCUT2D eigenvalue weighted by molar-refractivity contribution is 8.00. The molecule has 0 bridgehead atoms. The van der Waals surface area contributed by atoms with Crippen molar-refractivity contribution in [2.75, 3.05) is 7.11 Å². The van der Waals surface area contributed by atoms with Gasteiger partial charge in [-0.05, 0) is 0 Å². The molecule has 0 unspecified atom stereocenters. The predicted molar refractivity (Wildman–Crippen MR) is 114 cm³/mol. The lowest BCUT2D eigenvalue weighted by Crippen LogP contribution is -2.66. The van der Waals surface area contributed by atoms with Gasteiger partial charge in [0, 0.05) is 7.11 Å². The summed E-state index contributed by atoms with van der Waals surface area (Å²) >= 11 is 0.335. The van der Waals surface area contributed by atoms with Crippen LogP contribution in [0.4, 0.5) is 0 Å². The Bertz CT molecular complexity index is 875. The minimum absolute atomic E-state index is 0.335. The van der Waals surface area contributed by atoms with Crippen molar-refractivity contribution in [1.82, 2.24) is 0 Å². The molecule has 18 nitrogen and oxygen atoms in total. The maximum Gasteiger partial charge on any atom is 0.335 e. The summed E-state index contributed by atoms with van der Waals surface area (Å²) in [6, 6.07) is 0. The van der Waals surface area contributed by atoms with Gasteiger partial charge in [0.1, 0.15) is 48.2 Å². The maximum atomic E-state index is 11.9. The summed E-state index contributed by atoms with van der Waals surface area (Å²) in [4.78, 5) is 34.9. The van der Waals surface area contributed by atoms with Gasteiger partial charge in [0.15, 0.2) is 30.9 Å². The summed E-state index contributed by atoms with van der Waals surface area (Å²) in [5, 5.41) is 98.5. The average molecular weight is 576 g/mol. The van der Waals surface area contributed by atoms with Gasteiger partial charge in [-0.1, -0.05) is 0 Å². The number of aliphatic hydroxyl groups excluding tert-OH is 7. The predicted octanol–water partition coefficient (Wildman–Crippen LogP) is -5.93. The number of carbonyl (C=O) groups is 3. The van der Waals surface area contributed by atoms with Crippen LogP contribution in [0.25, 0.3) is 0 Å². The second-order valence-corrected chi connectivity index (χ2v) is 9.94. The van der Waals surface area contributed by atoms with E-state index in [1.807, 2.05) is 0 Å². The lowest BCUT2D eigenvalue weighted by molar-refractivity contribution is -0.329. The molecule has 0 radical (unpaired) electrons. The quantitative estimate of drug-likeness (QED) is 0.129. The topological polar surface area (TPSA) is 300 Å². The highest BCUT2D eigenvalue weighted by atomic mass is 32.2. The van der Waals surface area contributed by atoms with Gasteiger partial charge in [0.25, 0.3) is 0 Å². The second-order valence-electron chi connectivity index (χ2n) is 8.66. The Morgan fingerprint density at radius 3 is 1.66 bits per heavy atom. The van der Waals surface area contributed by atoms with E-state index in [4.69, 9.17) is 28.8 Å². The molecule has 3 fully saturated rings. The van der Waals surface area contributed by atoms with Crippen molar-refractivity contribution < 1.29 is 89.1 Å². The number of hydrogen-bond acceptors (Lipinski definition) is 16. The lowest BCUT2D eigenvalue weighted by atomic mass is 9.97. The number of rotatable bonds is 8. The molecule has 3 saturated heterocycles. The minimum Gasteiger partial charge on any atom is -0.479 e. The van der Waals surface area contributed by atoms with Gasteiger partial charge in [-0.15, -0.1) is 11.8 Å². The molecule has 0 aliphatic carbocycles. The Kier molecular flexibility index (Phi) is 9.90. The molecule has 3 aliphatic heterocycles. The Hall–Kier alpha value is -1.72. The van der Waals surface area contributed by atoms with Gasteiger partial charge >= 0.3 is 17.9 Å². The summed E-state index contributed by atoms with van der Waals surface area (Å²) < 4.78 is 25.3. The highest BCUT2D eigenvalue weighted by Crippen LogP contribution is 2.39. The fraction of sp³-hybridized carbons (Fsp3) is 0.842. The van der Waals surface area contributed by atoms with Gasteiger partial charge in [-0.2, -0.15) is 0 Å². The standard InChI is InChI=1S/C19H28O18S/c1-33-17-7(25)5(23)13(12(36-17)16(31)32)38-19-8(26)4(22)9(11(37-19)15(29)30)34-18-6(24)2(20)3(21)10(35-18)14(27)28/h2-13,17-26H,1H3,(H,27,28)(H,29,30)(H,31,32)/t2-,3+,4+,5+,6-,7-,8-,9+,10+,11+,12+,13+,17-,18-,19+/m0/s1. The number of methoxy groups -OCH3 is 1. The van der Waals surface area contributed by atoms with Crippen LogP contribution < -0.4 is 0 Å². The fourth-order valence-corrected chi connectivity index (χ4v) is 5.62. The summed E-state index contributed by atoms with van der Waals surface area (Å²) in [6.07, 6.45) is -25.9. The lowest BCUT2D eigenvalue weighted by Gasteiger charge is -2.46. The van der Waals surface area contributed by atoms with Crippen LogP contribution in [0.3, 0.4) is 0 Å². The molecule has 3 aliphatic rings. The smallest absolute Gasteiger partial charge is 0.335 e. The molecule has 0 saturated carbocycles. The summed E-state index contributed by atoms with van der Waals surface area (Å²) in [7, 11) is 1.08. The van der Waals surface area contributed by atoms with Gasteiger partial charge in [0.2, 0.25) is 0 Å². The molecule has 0 amide bonds. The molecule has 15 atom stereocenters. The third-order valence-electron chi connectivity index (χ3n) is 6.20. The van der Waals surface area contributed by atoms with Crippen molar-refractivity contribution in [3.8, 4) is 0 Å². The molecule has 3 rings (SSSR count). The van der Waals surface area contributed by atoms with Crippen molar-refractivity contribution in [3.05, 3.63) is 0 Å². The molecular weight excluding hydrogens is 548 g/mol. The van der Waals surface area contributed by atoms with Gasteiger partial charge in [0.05, 0.1) is 11.4 Å². The fourth-order valence-electron chi connectivity index (χ4n) is 4.16. The molecular formula is C19H28O18S. The van der Waals surface area contributed by atoms with E-state index < -0.39 is 108 Å². The Morgan fingerprint density at radius 2 is 1.13 bits per heavy atom. The largest absolute Gasteiger partial charge is 0.479 e. The first-order valence-corrected chi connectivity index (χ1v) is 11.9. The summed E-state index contributed by atoms with van der Waals surface area (Å²) in [5.74, 6) is -5.15. The molecule has 10 N–H and O–H groups in total. The van der Waals surface area contributed by atoms with Crippen LogP contribution in [0.15, 0.2) is 0 Å². The van der Waals surface area contributed by atoms with Crippen LogP contribution in [0.5, 0.6) is 0 Å². The first-order chi connectivity index (χ1) is 17.7. The highest BCUT2D eigenvalue weighted by Gasteiger charge is 2.56. The van der Waals surface area contributed by atoms with Gasteiger partial charge in [-0.3, -0.25) is 0 Å². The zero-order chi connectivity index (χ0) is 28.6. The van der Waals surface area contributed by atoms with Crippen LogP contribution in [0.2, 0.25) is 0 Å². The first-order valence-electron chi connectivity index (χ1n) is 11.0. The van der Waals surface area contributed by atoms with Crippen molar-refractivity contribution in [2.45, 2.75) is 90.4 Å². The van der Waals surface area contributed by atoms with E-state index in [9.17, 15) is 60.3 Å².